The minimum absolute atomic E-state index is 0.103. The normalized spacial score (nSPS) is 14.7. The van der Waals surface area contributed by atoms with E-state index in [0.717, 1.165) is 114 Å². The minimum atomic E-state index is -4.96. The SMILES string of the molecule is CCCCCCCCCCC(=O)OC[C@H](COP(=O)(O)OC[C@H](O)COP(=O)(O)OC[C@@H](COC(=O)CCCCCCCCCCCCCCCCC(C)C)OC(=O)CCCCCCCCCCCCCCCCC(C)CC)OC(=O)CCCCCCCCC(C)CC. The number of carbonyl (C=O) groups is 4. The molecule has 0 radical (unpaired) electrons. The molecule has 0 bridgehead atoms. The first kappa shape index (κ1) is 91.1. The highest BCUT2D eigenvalue weighted by Crippen LogP contribution is 2.45. The van der Waals surface area contributed by atoms with E-state index < -0.39 is 97.5 Å². The molecule has 0 aliphatic carbocycles. The molecule has 0 amide bonds. The van der Waals surface area contributed by atoms with Crippen LogP contribution in [0.2, 0.25) is 0 Å². The van der Waals surface area contributed by atoms with Gasteiger partial charge in [0.1, 0.15) is 19.3 Å². The number of carbonyl (C=O) groups excluding carboxylic acids is 4. The van der Waals surface area contributed by atoms with E-state index in [-0.39, 0.29) is 25.7 Å². The number of aliphatic hydroxyl groups excluding tert-OH is 1. The predicted molar refractivity (Wildman–Crippen MR) is 377 cm³/mol. The number of esters is 4. The summed E-state index contributed by atoms with van der Waals surface area (Å²) in [4.78, 5) is 72.6. The standard InChI is InChI=1S/C74H144O17P2/c1-8-11-12-13-14-33-41-48-55-71(76)84-62-70(91-74(79)58-51-44-37-36-40-47-54-67(7)10-3)64-89-93(82,83)87-60-68(75)59-86-92(80,81)88-63-69(61-85-72(77)56-49-42-34-29-25-21-17-15-19-23-27-31-38-45-52-65(4)5)90-73(78)57-50-43-35-30-26-22-18-16-20-24-28-32-39-46-53-66(6)9-2/h65-70,75H,8-64H2,1-7H3,(H,80,81)(H,82,83)/t66?,67?,68-,69-,70-/m1/s1. The molecule has 0 aliphatic rings. The van der Waals surface area contributed by atoms with E-state index in [9.17, 15) is 43.2 Å². The van der Waals surface area contributed by atoms with Crippen molar-refractivity contribution in [2.24, 2.45) is 17.8 Å². The molecule has 0 heterocycles. The number of unbranched alkanes of at least 4 members (excludes halogenated alkanes) is 38. The summed E-state index contributed by atoms with van der Waals surface area (Å²) in [5.41, 5.74) is 0. The lowest BCUT2D eigenvalue weighted by Crippen LogP contribution is -2.30. The second-order valence-electron chi connectivity index (χ2n) is 27.6. The van der Waals surface area contributed by atoms with Crippen molar-refractivity contribution in [1.82, 2.24) is 0 Å². The molecule has 93 heavy (non-hydrogen) atoms. The van der Waals surface area contributed by atoms with Gasteiger partial charge < -0.3 is 33.8 Å². The summed E-state index contributed by atoms with van der Waals surface area (Å²) in [5, 5.41) is 10.6. The van der Waals surface area contributed by atoms with Gasteiger partial charge in [-0.25, -0.2) is 9.13 Å². The predicted octanol–water partition coefficient (Wildman–Crippen LogP) is 21.4. The highest BCUT2D eigenvalue weighted by Gasteiger charge is 2.30. The van der Waals surface area contributed by atoms with Crippen molar-refractivity contribution >= 4 is 39.5 Å². The summed E-state index contributed by atoms with van der Waals surface area (Å²) in [7, 11) is -9.90. The third kappa shape index (κ3) is 65.8. The van der Waals surface area contributed by atoms with E-state index in [0.29, 0.717) is 25.7 Å². The fourth-order valence-electron chi connectivity index (χ4n) is 11.2. The Kier molecular flexibility index (Phi) is 63.4. The third-order valence-corrected chi connectivity index (χ3v) is 19.8. The van der Waals surface area contributed by atoms with Crippen LogP contribution < -0.4 is 0 Å². The van der Waals surface area contributed by atoms with Crippen molar-refractivity contribution in [3.05, 3.63) is 0 Å². The Balaban J connectivity index is 5.21. The maximum Gasteiger partial charge on any atom is 0.472 e. The van der Waals surface area contributed by atoms with E-state index in [1.165, 1.54) is 180 Å². The van der Waals surface area contributed by atoms with Gasteiger partial charge in [0.2, 0.25) is 0 Å². The average molecular weight is 1370 g/mol. The van der Waals surface area contributed by atoms with Crippen LogP contribution in [-0.4, -0.2) is 96.7 Å². The van der Waals surface area contributed by atoms with Crippen molar-refractivity contribution in [3.8, 4) is 0 Å². The van der Waals surface area contributed by atoms with Gasteiger partial charge in [-0.05, 0) is 43.4 Å². The first-order valence-corrected chi connectivity index (χ1v) is 41.4. The highest BCUT2D eigenvalue weighted by atomic mass is 31.2. The van der Waals surface area contributed by atoms with E-state index in [1.54, 1.807) is 0 Å². The molecule has 0 aromatic rings. The van der Waals surface area contributed by atoms with Crippen LogP contribution in [0.15, 0.2) is 0 Å². The summed E-state index contributed by atoms with van der Waals surface area (Å²) in [5.74, 6) is 0.240. The average Bonchev–Trinajstić information content (AvgIpc) is 3.27. The summed E-state index contributed by atoms with van der Waals surface area (Å²) >= 11 is 0. The molecule has 17 nitrogen and oxygen atoms in total. The Hall–Kier alpha value is -1.94. The molecular weight excluding hydrogens is 1220 g/mol. The molecule has 4 unspecified atom stereocenters. The van der Waals surface area contributed by atoms with E-state index in [1.807, 2.05) is 0 Å². The van der Waals surface area contributed by atoms with E-state index in [4.69, 9.17) is 37.0 Å². The van der Waals surface area contributed by atoms with Crippen molar-refractivity contribution in [3.63, 3.8) is 0 Å². The van der Waals surface area contributed by atoms with E-state index in [2.05, 4.69) is 48.5 Å². The van der Waals surface area contributed by atoms with E-state index >= 15 is 0 Å². The van der Waals surface area contributed by atoms with Gasteiger partial charge in [0.25, 0.3) is 0 Å². The lowest BCUT2D eigenvalue weighted by Gasteiger charge is -2.21. The van der Waals surface area contributed by atoms with Gasteiger partial charge in [-0.15, -0.1) is 0 Å². The van der Waals surface area contributed by atoms with Gasteiger partial charge in [-0.2, -0.15) is 0 Å². The number of phosphoric ester groups is 2. The zero-order valence-corrected chi connectivity index (χ0v) is 62.5. The number of ether oxygens (including phenoxy) is 4. The zero-order chi connectivity index (χ0) is 68.7. The number of phosphoric acid groups is 2. The molecule has 3 N–H and O–H groups in total. The smallest absolute Gasteiger partial charge is 0.462 e. The molecule has 7 atom stereocenters. The van der Waals surface area contributed by atoms with Crippen molar-refractivity contribution < 1.29 is 80.2 Å². The van der Waals surface area contributed by atoms with Crippen molar-refractivity contribution in [1.29, 1.82) is 0 Å². The number of aliphatic hydroxyl groups is 1. The lowest BCUT2D eigenvalue weighted by atomic mass is 9.99. The summed E-state index contributed by atoms with van der Waals surface area (Å²) in [6.07, 6.45) is 50.0. The molecular formula is C74H144O17P2. The quantitative estimate of drug-likeness (QED) is 0.0222. The molecule has 0 aromatic heterocycles. The fourth-order valence-corrected chi connectivity index (χ4v) is 12.8. The van der Waals surface area contributed by atoms with Gasteiger partial charge in [0.05, 0.1) is 26.4 Å². The minimum Gasteiger partial charge on any atom is -0.462 e. The van der Waals surface area contributed by atoms with Crippen LogP contribution in [0.1, 0.15) is 376 Å². The third-order valence-electron chi connectivity index (χ3n) is 17.9. The number of hydrogen-bond donors (Lipinski definition) is 3. The van der Waals surface area contributed by atoms with Crippen LogP contribution in [0.3, 0.4) is 0 Å². The van der Waals surface area contributed by atoms with Crippen molar-refractivity contribution in [2.45, 2.75) is 394 Å². The van der Waals surface area contributed by atoms with Crippen LogP contribution in [-0.2, 0) is 65.4 Å². The molecule has 0 spiro atoms. The molecule has 0 saturated carbocycles. The van der Waals surface area contributed by atoms with Crippen LogP contribution in [0.25, 0.3) is 0 Å². The Morgan fingerprint density at radius 2 is 0.548 bits per heavy atom. The second kappa shape index (κ2) is 64.7. The Bertz CT molecular complexity index is 1820. The summed E-state index contributed by atoms with van der Waals surface area (Å²) in [6.45, 7) is 11.9. The summed E-state index contributed by atoms with van der Waals surface area (Å²) in [6, 6.07) is 0. The number of rotatable bonds is 72. The first-order chi connectivity index (χ1) is 44.8. The Labute approximate surface area is 568 Å². The maximum atomic E-state index is 13.1. The van der Waals surface area contributed by atoms with Crippen LogP contribution >= 0.6 is 15.6 Å². The van der Waals surface area contributed by atoms with Gasteiger partial charge in [0.15, 0.2) is 12.2 Å². The van der Waals surface area contributed by atoms with Crippen molar-refractivity contribution in [2.75, 3.05) is 39.6 Å². The molecule has 0 aliphatic heterocycles. The maximum absolute atomic E-state index is 13.1. The molecule has 19 heteroatoms. The monoisotopic (exact) mass is 1370 g/mol. The molecule has 0 aromatic carbocycles. The molecule has 0 rings (SSSR count). The second-order valence-corrected chi connectivity index (χ2v) is 30.6. The van der Waals surface area contributed by atoms with Crippen LogP contribution in [0.5, 0.6) is 0 Å². The van der Waals surface area contributed by atoms with Gasteiger partial charge >= 0.3 is 39.5 Å². The van der Waals surface area contributed by atoms with Crippen LogP contribution in [0.4, 0.5) is 0 Å². The lowest BCUT2D eigenvalue weighted by molar-refractivity contribution is -0.161. The first-order valence-electron chi connectivity index (χ1n) is 38.4. The van der Waals surface area contributed by atoms with Gasteiger partial charge in [0, 0.05) is 25.7 Å². The topological polar surface area (TPSA) is 237 Å². The molecule has 552 valence electrons. The zero-order valence-electron chi connectivity index (χ0n) is 60.7. The van der Waals surface area contributed by atoms with Gasteiger partial charge in [-0.1, -0.05) is 325 Å². The van der Waals surface area contributed by atoms with Crippen LogP contribution in [0, 0.1) is 17.8 Å². The fraction of sp³-hybridized carbons (Fsp3) is 0.946. The van der Waals surface area contributed by atoms with Gasteiger partial charge in [-0.3, -0.25) is 37.3 Å². The number of hydrogen-bond acceptors (Lipinski definition) is 15. The summed E-state index contributed by atoms with van der Waals surface area (Å²) < 4.78 is 68.3. The Morgan fingerprint density at radius 1 is 0.312 bits per heavy atom. The molecule has 0 saturated heterocycles. The largest absolute Gasteiger partial charge is 0.472 e. The molecule has 0 fully saturated rings. The Morgan fingerprint density at radius 3 is 0.817 bits per heavy atom. The highest BCUT2D eigenvalue weighted by molar-refractivity contribution is 7.47.